The van der Waals surface area contributed by atoms with E-state index in [1.54, 1.807) is 13.8 Å². The first-order chi connectivity index (χ1) is 7.60. The number of ether oxygens (including phenoxy) is 2. The molecule has 8 nitrogen and oxygen atoms in total. The Kier molecular flexibility index (Phi) is 7.29. The fourth-order valence-corrected chi connectivity index (χ4v) is 0.684. The topological polar surface area (TPSA) is 106 Å². The third kappa shape index (κ3) is 7.42. The van der Waals surface area contributed by atoms with Crippen molar-refractivity contribution in [3.8, 4) is 0 Å². The number of rotatable bonds is 4. The molecule has 0 spiro atoms. The maximum atomic E-state index is 11.0. The Balaban J connectivity index is 3.59. The zero-order valence-corrected chi connectivity index (χ0v) is 9.16. The molecule has 0 bridgehead atoms. The molecule has 3 N–H and O–H groups in total. The number of hydrazine groups is 1. The normalized spacial score (nSPS) is 8.88. The Morgan fingerprint density at radius 2 is 1.62 bits per heavy atom. The average Bonchev–Trinajstić information content (AvgIpc) is 2.24. The largest absolute Gasteiger partial charge is 0.465 e. The van der Waals surface area contributed by atoms with Gasteiger partial charge in [0.2, 0.25) is 0 Å². The van der Waals surface area contributed by atoms with Crippen molar-refractivity contribution in [2.45, 2.75) is 13.8 Å². The van der Waals surface area contributed by atoms with Gasteiger partial charge in [-0.1, -0.05) is 0 Å². The molecule has 0 heterocycles. The Morgan fingerprint density at radius 3 is 2.19 bits per heavy atom. The van der Waals surface area contributed by atoms with Crippen LogP contribution >= 0.6 is 0 Å². The van der Waals surface area contributed by atoms with Crippen molar-refractivity contribution < 1.29 is 23.9 Å². The highest BCUT2D eigenvalue weighted by atomic mass is 16.6. The molecule has 0 aromatic rings. The van der Waals surface area contributed by atoms with Crippen molar-refractivity contribution in [1.82, 2.24) is 16.2 Å². The van der Waals surface area contributed by atoms with Gasteiger partial charge >= 0.3 is 18.1 Å². The van der Waals surface area contributed by atoms with E-state index in [9.17, 15) is 14.4 Å². The molecule has 0 saturated carbocycles. The maximum absolute atomic E-state index is 11.0. The molecule has 92 valence electrons. The van der Waals surface area contributed by atoms with Crippen molar-refractivity contribution in [3.05, 3.63) is 0 Å². The highest BCUT2D eigenvalue weighted by Gasteiger charge is 2.06. The summed E-state index contributed by atoms with van der Waals surface area (Å²) in [5.74, 6) is -0.561. The van der Waals surface area contributed by atoms with Crippen molar-refractivity contribution >= 4 is 18.1 Å². The van der Waals surface area contributed by atoms with Crippen molar-refractivity contribution in [3.63, 3.8) is 0 Å². The second-order valence-corrected chi connectivity index (χ2v) is 2.46. The maximum Gasteiger partial charge on any atom is 0.426 e. The molecule has 3 amide bonds. The van der Waals surface area contributed by atoms with Gasteiger partial charge in [0, 0.05) is 0 Å². The van der Waals surface area contributed by atoms with Gasteiger partial charge in [0.1, 0.15) is 6.54 Å². The lowest BCUT2D eigenvalue weighted by Crippen LogP contribution is -2.48. The molecule has 0 aliphatic rings. The molecule has 0 aromatic carbocycles. The standard InChI is InChI=1S/C8H15N3O5/c1-3-15-6(12)5-9-7(13)10-11-8(14)16-4-2/h3-5H2,1-2H3,(H,11,14)(H2,9,10,13). The third-order valence-corrected chi connectivity index (χ3v) is 1.25. The minimum atomic E-state index is -0.784. The van der Waals surface area contributed by atoms with E-state index in [-0.39, 0.29) is 19.8 Å². The van der Waals surface area contributed by atoms with Crippen LogP contribution in [0.2, 0.25) is 0 Å². The number of carbonyl (C=O) groups is 3. The van der Waals surface area contributed by atoms with E-state index in [1.807, 2.05) is 10.9 Å². The van der Waals surface area contributed by atoms with E-state index < -0.39 is 18.1 Å². The first kappa shape index (κ1) is 14.0. The Labute approximate surface area is 92.6 Å². The molecule has 0 saturated heterocycles. The highest BCUT2D eigenvalue weighted by molar-refractivity contribution is 5.82. The van der Waals surface area contributed by atoms with Crippen LogP contribution in [0.5, 0.6) is 0 Å². The first-order valence-corrected chi connectivity index (χ1v) is 4.72. The number of esters is 1. The van der Waals surface area contributed by atoms with Crippen LogP contribution in [-0.4, -0.2) is 37.9 Å². The summed E-state index contributed by atoms with van der Waals surface area (Å²) >= 11 is 0. The zero-order valence-electron chi connectivity index (χ0n) is 9.16. The van der Waals surface area contributed by atoms with Crippen LogP contribution in [0.15, 0.2) is 0 Å². The lowest BCUT2D eigenvalue weighted by molar-refractivity contribution is -0.141. The van der Waals surface area contributed by atoms with Gasteiger partial charge in [-0.05, 0) is 13.8 Å². The van der Waals surface area contributed by atoms with Gasteiger partial charge in [-0.25, -0.2) is 20.4 Å². The summed E-state index contributed by atoms with van der Waals surface area (Å²) in [6.07, 6.45) is -0.784. The molecule has 8 heteroatoms. The first-order valence-electron chi connectivity index (χ1n) is 4.72. The summed E-state index contributed by atoms with van der Waals surface area (Å²) in [7, 11) is 0. The molecule has 0 unspecified atom stereocenters. The fraction of sp³-hybridized carbons (Fsp3) is 0.625. The number of carbonyl (C=O) groups excluding carboxylic acids is 3. The van der Waals surface area contributed by atoms with Crippen molar-refractivity contribution in [1.29, 1.82) is 0 Å². The second-order valence-electron chi connectivity index (χ2n) is 2.46. The van der Waals surface area contributed by atoms with E-state index in [4.69, 9.17) is 0 Å². The number of nitrogens with one attached hydrogen (secondary N) is 3. The predicted molar refractivity (Wildman–Crippen MR) is 53.3 cm³/mol. The molecule has 0 radical (unpaired) electrons. The summed E-state index contributed by atoms with van der Waals surface area (Å²) in [6, 6.07) is -0.735. The number of hydrogen-bond donors (Lipinski definition) is 3. The smallest absolute Gasteiger partial charge is 0.426 e. The molecular weight excluding hydrogens is 218 g/mol. The zero-order chi connectivity index (χ0) is 12.4. The van der Waals surface area contributed by atoms with Gasteiger partial charge in [-0.2, -0.15) is 0 Å². The number of urea groups is 1. The van der Waals surface area contributed by atoms with Crippen LogP contribution < -0.4 is 16.2 Å². The van der Waals surface area contributed by atoms with Crippen LogP contribution in [0.4, 0.5) is 9.59 Å². The van der Waals surface area contributed by atoms with Gasteiger partial charge in [0.15, 0.2) is 0 Å². The summed E-state index contributed by atoms with van der Waals surface area (Å²) in [5, 5.41) is 2.17. The third-order valence-electron chi connectivity index (χ3n) is 1.25. The van der Waals surface area contributed by atoms with Crippen LogP contribution in [0.25, 0.3) is 0 Å². The molecule has 0 aromatic heterocycles. The summed E-state index contributed by atoms with van der Waals surface area (Å²) in [6.45, 7) is 3.44. The van der Waals surface area contributed by atoms with Gasteiger partial charge in [-0.15, -0.1) is 0 Å². The van der Waals surface area contributed by atoms with Gasteiger partial charge in [0.05, 0.1) is 13.2 Å². The quantitative estimate of drug-likeness (QED) is 0.449. The Morgan fingerprint density at radius 1 is 1.00 bits per heavy atom. The van der Waals surface area contributed by atoms with Crippen LogP contribution in [0.1, 0.15) is 13.8 Å². The molecule has 0 rings (SSSR count). The lowest BCUT2D eigenvalue weighted by Gasteiger charge is -2.08. The fourth-order valence-electron chi connectivity index (χ4n) is 0.684. The molecule has 0 atom stereocenters. The molecular formula is C8H15N3O5. The minimum absolute atomic E-state index is 0.192. The average molecular weight is 233 g/mol. The SMILES string of the molecule is CCOC(=O)CNC(=O)NNC(=O)OCC. The Hall–Kier alpha value is -1.99. The minimum Gasteiger partial charge on any atom is -0.465 e. The predicted octanol–water partition coefficient (Wildman–Crippen LogP) is -0.490. The summed E-state index contributed by atoms with van der Waals surface area (Å²) in [4.78, 5) is 32.5. The second kappa shape index (κ2) is 8.33. The van der Waals surface area contributed by atoms with Crippen LogP contribution in [0.3, 0.4) is 0 Å². The van der Waals surface area contributed by atoms with E-state index >= 15 is 0 Å². The van der Waals surface area contributed by atoms with E-state index in [0.717, 1.165) is 0 Å². The van der Waals surface area contributed by atoms with Crippen molar-refractivity contribution in [2.75, 3.05) is 19.8 Å². The van der Waals surface area contributed by atoms with E-state index in [0.29, 0.717) is 0 Å². The van der Waals surface area contributed by atoms with Gasteiger partial charge in [-0.3, -0.25) is 4.79 Å². The van der Waals surface area contributed by atoms with Gasteiger partial charge in [0.25, 0.3) is 0 Å². The molecule has 0 aliphatic carbocycles. The highest BCUT2D eigenvalue weighted by Crippen LogP contribution is 1.76. The number of hydrogen-bond acceptors (Lipinski definition) is 5. The summed E-state index contributed by atoms with van der Waals surface area (Å²) in [5.41, 5.74) is 3.95. The van der Waals surface area contributed by atoms with Gasteiger partial charge < -0.3 is 14.8 Å². The monoisotopic (exact) mass is 233 g/mol. The number of amides is 3. The Bertz CT molecular complexity index is 232. The van der Waals surface area contributed by atoms with Crippen LogP contribution in [-0.2, 0) is 14.3 Å². The summed E-state index contributed by atoms with van der Waals surface area (Å²) < 4.78 is 9.04. The van der Waals surface area contributed by atoms with Crippen molar-refractivity contribution in [2.24, 2.45) is 0 Å². The van der Waals surface area contributed by atoms with Crippen LogP contribution in [0, 0.1) is 0 Å². The molecule has 0 fully saturated rings. The molecule has 0 aliphatic heterocycles. The van der Waals surface area contributed by atoms with E-state index in [2.05, 4.69) is 14.8 Å². The lowest BCUT2D eigenvalue weighted by atomic mass is 10.6. The molecule has 16 heavy (non-hydrogen) atoms. The van der Waals surface area contributed by atoms with E-state index in [1.165, 1.54) is 0 Å².